The van der Waals surface area contributed by atoms with E-state index in [0.29, 0.717) is 6.04 Å². The van der Waals surface area contributed by atoms with Crippen LogP contribution in [0.5, 0.6) is 0 Å². The third-order valence-corrected chi connectivity index (χ3v) is 5.20. The number of hydrogen-bond acceptors (Lipinski definition) is 4. The molecule has 2 unspecified atom stereocenters. The first-order valence-corrected chi connectivity index (χ1v) is 8.50. The van der Waals surface area contributed by atoms with Crippen LogP contribution in [0.25, 0.3) is 0 Å². The molecule has 5 heteroatoms. The highest BCUT2D eigenvalue weighted by atomic mass is 32.2. The van der Waals surface area contributed by atoms with Crippen LogP contribution in [-0.4, -0.2) is 53.7 Å². The first kappa shape index (κ1) is 15.1. The van der Waals surface area contributed by atoms with Crippen molar-refractivity contribution in [3.05, 3.63) is 0 Å². The highest BCUT2D eigenvalue weighted by molar-refractivity contribution is 7.99. The molecule has 3 atom stereocenters. The lowest BCUT2D eigenvalue weighted by molar-refractivity contribution is -0.137. The number of nitrogens with zero attached hydrogens (tertiary/aromatic N) is 1. The van der Waals surface area contributed by atoms with Crippen LogP contribution in [-0.2, 0) is 9.53 Å². The fraction of sp³-hybridized carbons (Fsp3) is 0.929. The molecule has 0 aromatic carbocycles. The Morgan fingerprint density at radius 3 is 2.79 bits per heavy atom. The van der Waals surface area contributed by atoms with Crippen molar-refractivity contribution in [2.45, 2.75) is 51.3 Å². The monoisotopic (exact) mass is 286 g/mol. The van der Waals surface area contributed by atoms with Gasteiger partial charge in [0.15, 0.2) is 0 Å². The zero-order valence-corrected chi connectivity index (χ0v) is 12.8. The maximum atomic E-state index is 12.6. The van der Waals surface area contributed by atoms with Crippen LogP contribution in [0.3, 0.4) is 0 Å². The van der Waals surface area contributed by atoms with Crippen LogP contribution in [0.15, 0.2) is 0 Å². The summed E-state index contributed by atoms with van der Waals surface area (Å²) in [4.78, 5) is 14.6. The molecule has 0 radical (unpaired) electrons. The van der Waals surface area contributed by atoms with Crippen molar-refractivity contribution in [2.75, 3.05) is 24.7 Å². The first-order chi connectivity index (χ1) is 9.09. The maximum Gasteiger partial charge on any atom is 0.240 e. The smallest absolute Gasteiger partial charge is 0.240 e. The minimum Gasteiger partial charge on any atom is -0.376 e. The first-order valence-electron chi connectivity index (χ1n) is 7.35. The fourth-order valence-corrected chi connectivity index (χ4v) is 3.90. The number of rotatable bonds is 5. The van der Waals surface area contributed by atoms with Crippen molar-refractivity contribution in [1.82, 2.24) is 4.90 Å². The van der Waals surface area contributed by atoms with Gasteiger partial charge in [-0.15, -0.1) is 0 Å². The van der Waals surface area contributed by atoms with Gasteiger partial charge in [-0.25, -0.2) is 0 Å². The molecule has 0 aromatic heterocycles. The summed E-state index contributed by atoms with van der Waals surface area (Å²) in [6.07, 6.45) is 3.49. The van der Waals surface area contributed by atoms with Gasteiger partial charge in [0.1, 0.15) is 0 Å². The van der Waals surface area contributed by atoms with Gasteiger partial charge >= 0.3 is 0 Å². The molecule has 2 N–H and O–H groups in total. The van der Waals surface area contributed by atoms with Gasteiger partial charge in [-0.05, 0) is 30.9 Å². The Hall–Kier alpha value is -0.260. The molecule has 0 saturated carbocycles. The van der Waals surface area contributed by atoms with Crippen molar-refractivity contribution in [3.8, 4) is 0 Å². The van der Waals surface area contributed by atoms with Crippen LogP contribution < -0.4 is 5.73 Å². The lowest BCUT2D eigenvalue weighted by atomic mass is 10.0. The predicted molar refractivity (Wildman–Crippen MR) is 79.2 cm³/mol. The average molecular weight is 286 g/mol. The van der Waals surface area contributed by atoms with Crippen molar-refractivity contribution in [2.24, 2.45) is 11.7 Å². The Kier molecular flexibility index (Phi) is 5.54. The van der Waals surface area contributed by atoms with Gasteiger partial charge in [-0.1, -0.05) is 13.8 Å². The normalized spacial score (nSPS) is 28.8. The van der Waals surface area contributed by atoms with E-state index in [1.54, 1.807) is 0 Å². The van der Waals surface area contributed by atoms with Crippen molar-refractivity contribution >= 4 is 17.7 Å². The van der Waals surface area contributed by atoms with Crippen LogP contribution in [0.2, 0.25) is 0 Å². The van der Waals surface area contributed by atoms with E-state index in [1.165, 1.54) is 0 Å². The van der Waals surface area contributed by atoms with E-state index < -0.39 is 0 Å². The third kappa shape index (κ3) is 3.86. The van der Waals surface area contributed by atoms with Gasteiger partial charge in [0.05, 0.1) is 12.1 Å². The van der Waals surface area contributed by atoms with E-state index in [-0.39, 0.29) is 24.0 Å². The number of thioether (sulfide) groups is 1. The summed E-state index contributed by atoms with van der Waals surface area (Å²) in [7, 11) is 0. The highest BCUT2D eigenvalue weighted by Crippen LogP contribution is 2.25. The second-order valence-corrected chi connectivity index (χ2v) is 7.06. The zero-order valence-electron chi connectivity index (χ0n) is 12.0. The van der Waals surface area contributed by atoms with Gasteiger partial charge in [-0.3, -0.25) is 4.79 Å². The number of amides is 1. The molecule has 2 aliphatic rings. The minimum atomic E-state index is -0.382. The molecule has 2 heterocycles. The minimum absolute atomic E-state index is 0.109. The van der Waals surface area contributed by atoms with Crippen molar-refractivity contribution in [3.63, 3.8) is 0 Å². The van der Waals surface area contributed by atoms with E-state index >= 15 is 0 Å². The average Bonchev–Trinajstić information content (AvgIpc) is 3.06. The largest absolute Gasteiger partial charge is 0.376 e. The summed E-state index contributed by atoms with van der Waals surface area (Å²) in [5, 5.41) is 0. The van der Waals surface area contributed by atoms with Crippen LogP contribution >= 0.6 is 11.8 Å². The summed E-state index contributed by atoms with van der Waals surface area (Å²) in [6.45, 7) is 5.58. The summed E-state index contributed by atoms with van der Waals surface area (Å²) < 4.78 is 5.69. The molecule has 2 fully saturated rings. The number of carbonyl (C=O) groups is 1. The highest BCUT2D eigenvalue weighted by Gasteiger charge is 2.33. The lowest BCUT2D eigenvalue weighted by Crippen LogP contribution is -2.53. The topological polar surface area (TPSA) is 55.6 Å². The summed E-state index contributed by atoms with van der Waals surface area (Å²) >= 11 is 1.93. The summed E-state index contributed by atoms with van der Waals surface area (Å²) in [5.41, 5.74) is 6.06. The molecular weight excluding hydrogens is 260 g/mol. The van der Waals surface area contributed by atoms with Crippen LogP contribution in [0.4, 0.5) is 0 Å². The number of ether oxygens (including phenoxy) is 1. The Morgan fingerprint density at radius 2 is 2.26 bits per heavy atom. The van der Waals surface area contributed by atoms with E-state index in [2.05, 4.69) is 0 Å². The fourth-order valence-electron chi connectivity index (χ4n) is 2.67. The number of hydrogen-bond donors (Lipinski definition) is 1. The Labute approximate surface area is 120 Å². The van der Waals surface area contributed by atoms with E-state index in [0.717, 1.165) is 43.9 Å². The summed E-state index contributed by atoms with van der Waals surface area (Å²) in [6, 6.07) is -0.0292. The molecule has 4 nitrogen and oxygen atoms in total. The van der Waals surface area contributed by atoms with Gasteiger partial charge in [0.25, 0.3) is 0 Å². The predicted octanol–water partition coefficient (Wildman–Crippen LogP) is 1.48. The number of carbonyl (C=O) groups excluding carboxylic acids is 1. The molecule has 19 heavy (non-hydrogen) atoms. The van der Waals surface area contributed by atoms with Gasteiger partial charge in [-0.2, -0.15) is 11.8 Å². The van der Waals surface area contributed by atoms with E-state index in [9.17, 15) is 4.79 Å². The Balaban J connectivity index is 2.01. The second-order valence-electron chi connectivity index (χ2n) is 5.91. The molecule has 2 rings (SSSR count). The molecule has 2 aliphatic heterocycles. The van der Waals surface area contributed by atoms with Gasteiger partial charge in [0.2, 0.25) is 5.91 Å². The molecule has 0 spiro atoms. The van der Waals surface area contributed by atoms with Crippen LogP contribution in [0.1, 0.15) is 33.1 Å². The van der Waals surface area contributed by atoms with Crippen molar-refractivity contribution in [1.29, 1.82) is 0 Å². The molecule has 0 aromatic rings. The standard InChI is InChI=1S/C14H26N2O2S/c1-10(2)13(15)14(17)16(11-5-7-19-9-11)8-12-4-3-6-18-12/h10-13H,3-9,15H2,1-2H3/t11?,12?,13-/m1/s1. The third-order valence-electron chi connectivity index (χ3n) is 4.06. The molecule has 1 amide bonds. The quantitative estimate of drug-likeness (QED) is 0.832. The van der Waals surface area contributed by atoms with Gasteiger partial charge in [0, 0.05) is 24.9 Å². The zero-order chi connectivity index (χ0) is 13.8. The van der Waals surface area contributed by atoms with Gasteiger partial charge < -0.3 is 15.4 Å². The molecule has 0 bridgehead atoms. The van der Waals surface area contributed by atoms with E-state index in [4.69, 9.17) is 10.5 Å². The van der Waals surface area contributed by atoms with Crippen molar-refractivity contribution < 1.29 is 9.53 Å². The van der Waals surface area contributed by atoms with Crippen LogP contribution in [0, 0.1) is 5.92 Å². The SMILES string of the molecule is CC(C)[C@@H](N)C(=O)N(CC1CCCO1)C1CCSC1. The second kappa shape index (κ2) is 6.95. The van der Waals surface area contributed by atoms with E-state index in [1.807, 2.05) is 30.5 Å². The molecule has 110 valence electrons. The molecule has 0 aliphatic carbocycles. The Morgan fingerprint density at radius 1 is 1.47 bits per heavy atom. The number of nitrogens with two attached hydrogens (primary N) is 1. The molecule has 2 saturated heterocycles. The lowest BCUT2D eigenvalue weighted by Gasteiger charge is -2.33. The summed E-state index contributed by atoms with van der Waals surface area (Å²) in [5.74, 6) is 2.49. The molecular formula is C14H26N2O2S. The maximum absolute atomic E-state index is 12.6. The Bertz CT molecular complexity index is 300.